The van der Waals surface area contributed by atoms with Crippen molar-refractivity contribution in [1.29, 1.82) is 0 Å². The van der Waals surface area contributed by atoms with Gasteiger partial charge in [-0.15, -0.1) is 0 Å². The zero-order chi connectivity index (χ0) is 13.7. The lowest BCUT2D eigenvalue weighted by Gasteiger charge is -2.33. The summed E-state index contributed by atoms with van der Waals surface area (Å²) in [5.41, 5.74) is 0. The van der Waals surface area contributed by atoms with Crippen LogP contribution in [-0.4, -0.2) is 60.2 Å². The molecule has 0 aliphatic carbocycles. The average Bonchev–Trinajstić information content (AvgIpc) is 2.35. The summed E-state index contributed by atoms with van der Waals surface area (Å²) in [5.74, 6) is -0.735. The molecule has 3 amide bonds. The molecule has 1 fully saturated rings. The van der Waals surface area contributed by atoms with Crippen molar-refractivity contribution >= 4 is 17.7 Å². The fourth-order valence-electron chi connectivity index (χ4n) is 1.74. The van der Waals surface area contributed by atoms with Gasteiger partial charge in [-0.1, -0.05) is 13.8 Å². The van der Waals surface area contributed by atoms with Crippen LogP contribution in [0.25, 0.3) is 0 Å². The van der Waals surface area contributed by atoms with E-state index in [1.807, 2.05) is 13.8 Å². The van der Waals surface area contributed by atoms with Crippen LogP contribution in [0, 0.1) is 5.92 Å². The predicted molar refractivity (Wildman–Crippen MR) is 66.7 cm³/mol. The number of nitrogens with zero attached hydrogens (tertiary/aromatic N) is 2. The summed E-state index contributed by atoms with van der Waals surface area (Å²) in [6.45, 7) is 7.79. The van der Waals surface area contributed by atoms with Gasteiger partial charge in [-0.25, -0.2) is 0 Å². The summed E-state index contributed by atoms with van der Waals surface area (Å²) >= 11 is 0. The van der Waals surface area contributed by atoms with E-state index in [4.69, 9.17) is 0 Å². The van der Waals surface area contributed by atoms with Gasteiger partial charge in [0.05, 0.1) is 0 Å². The monoisotopic (exact) mass is 255 g/mol. The molecule has 1 saturated heterocycles. The average molecular weight is 255 g/mol. The van der Waals surface area contributed by atoms with Crippen LogP contribution in [0.3, 0.4) is 0 Å². The molecule has 1 N–H and O–H groups in total. The van der Waals surface area contributed by atoms with Crippen molar-refractivity contribution in [1.82, 2.24) is 15.1 Å². The zero-order valence-corrected chi connectivity index (χ0v) is 11.2. The standard InChI is InChI=1S/C12H21N3O3/c1-9(2)8-13-11(17)12(18)15-6-4-14(5-7-15)10(3)16/h9H,4-8H2,1-3H3,(H,13,17). The van der Waals surface area contributed by atoms with Crippen molar-refractivity contribution in [2.24, 2.45) is 5.92 Å². The topological polar surface area (TPSA) is 69.7 Å². The molecule has 6 nitrogen and oxygen atoms in total. The summed E-state index contributed by atoms with van der Waals surface area (Å²) in [6.07, 6.45) is 0. The van der Waals surface area contributed by atoms with E-state index < -0.39 is 11.8 Å². The smallest absolute Gasteiger partial charge is 0.312 e. The van der Waals surface area contributed by atoms with Gasteiger partial charge in [0, 0.05) is 39.6 Å². The molecule has 1 aliphatic heterocycles. The molecular weight excluding hydrogens is 234 g/mol. The van der Waals surface area contributed by atoms with E-state index in [0.717, 1.165) is 0 Å². The fourth-order valence-corrected chi connectivity index (χ4v) is 1.74. The van der Waals surface area contributed by atoms with Crippen molar-refractivity contribution in [3.8, 4) is 0 Å². The number of piperazine rings is 1. The molecule has 0 unspecified atom stereocenters. The van der Waals surface area contributed by atoms with Gasteiger partial charge in [-0.3, -0.25) is 14.4 Å². The Hall–Kier alpha value is -1.59. The molecule has 0 atom stereocenters. The second-order valence-corrected chi connectivity index (χ2v) is 4.90. The van der Waals surface area contributed by atoms with Crippen LogP contribution >= 0.6 is 0 Å². The van der Waals surface area contributed by atoms with Crippen LogP contribution in [0.4, 0.5) is 0 Å². The predicted octanol–water partition coefficient (Wildman–Crippen LogP) is -0.551. The van der Waals surface area contributed by atoms with Crippen molar-refractivity contribution in [2.45, 2.75) is 20.8 Å². The first-order valence-corrected chi connectivity index (χ1v) is 6.24. The number of amides is 3. The number of carbonyl (C=O) groups excluding carboxylic acids is 3. The molecule has 0 spiro atoms. The number of carbonyl (C=O) groups is 3. The summed E-state index contributed by atoms with van der Waals surface area (Å²) in [6, 6.07) is 0. The summed E-state index contributed by atoms with van der Waals surface area (Å²) in [4.78, 5) is 37.7. The van der Waals surface area contributed by atoms with E-state index in [9.17, 15) is 14.4 Å². The van der Waals surface area contributed by atoms with E-state index in [1.165, 1.54) is 11.8 Å². The first kappa shape index (κ1) is 14.5. The van der Waals surface area contributed by atoms with Crippen molar-refractivity contribution in [2.75, 3.05) is 32.7 Å². The molecule has 0 saturated carbocycles. The van der Waals surface area contributed by atoms with Gasteiger partial charge < -0.3 is 15.1 Å². The maximum Gasteiger partial charge on any atom is 0.312 e. The third-order valence-electron chi connectivity index (χ3n) is 2.88. The molecular formula is C12H21N3O3. The van der Waals surface area contributed by atoms with Crippen LogP contribution in [0.1, 0.15) is 20.8 Å². The lowest BCUT2D eigenvalue weighted by molar-refractivity contribution is -0.148. The van der Waals surface area contributed by atoms with Crippen LogP contribution in [0.2, 0.25) is 0 Å². The Balaban J connectivity index is 2.40. The lowest BCUT2D eigenvalue weighted by atomic mass is 10.2. The van der Waals surface area contributed by atoms with Gasteiger partial charge in [0.1, 0.15) is 0 Å². The van der Waals surface area contributed by atoms with Crippen molar-refractivity contribution < 1.29 is 14.4 Å². The molecule has 1 rings (SSSR count). The van der Waals surface area contributed by atoms with Gasteiger partial charge in [-0.2, -0.15) is 0 Å². The minimum Gasteiger partial charge on any atom is -0.348 e. The van der Waals surface area contributed by atoms with Gasteiger partial charge in [0.15, 0.2) is 0 Å². The number of nitrogens with one attached hydrogen (secondary N) is 1. The highest BCUT2D eigenvalue weighted by Crippen LogP contribution is 2.02. The Labute approximate surface area is 107 Å². The van der Waals surface area contributed by atoms with Crippen LogP contribution in [0.5, 0.6) is 0 Å². The zero-order valence-electron chi connectivity index (χ0n) is 11.2. The molecule has 0 aromatic heterocycles. The molecule has 6 heteroatoms. The lowest BCUT2D eigenvalue weighted by Crippen LogP contribution is -2.53. The third kappa shape index (κ3) is 4.01. The van der Waals surface area contributed by atoms with Gasteiger partial charge >= 0.3 is 11.8 Å². The summed E-state index contributed by atoms with van der Waals surface area (Å²) < 4.78 is 0. The molecule has 0 aromatic rings. The molecule has 18 heavy (non-hydrogen) atoms. The number of rotatable bonds is 2. The largest absolute Gasteiger partial charge is 0.348 e. The highest BCUT2D eigenvalue weighted by atomic mass is 16.2. The maximum absolute atomic E-state index is 11.8. The van der Waals surface area contributed by atoms with Crippen molar-refractivity contribution in [3.05, 3.63) is 0 Å². The van der Waals surface area contributed by atoms with Crippen LogP contribution in [-0.2, 0) is 14.4 Å². The Kier molecular flexibility index (Phi) is 5.12. The minimum absolute atomic E-state index is 0.00589. The third-order valence-corrected chi connectivity index (χ3v) is 2.88. The minimum atomic E-state index is -0.556. The second kappa shape index (κ2) is 6.37. The van der Waals surface area contributed by atoms with E-state index in [0.29, 0.717) is 38.6 Å². The van der Waals surface area contributed by atoms with E-state index in [-0.39, 0.29) is 5.91 Å². The van der Waals surface area contributed by atoms with Crippen LogP contribution < -0.4 is 5.32 Å². The van der Waals surface area contributed by atoms with Crippen LogP contribution in [0.15, 0.2) is 0 Å². The van der Waals surface area contributed by atoms with Gasteiger partial charge in [0.25, 0.3) is 0 Å². The molecule has 102 valence electrons. The highest BCUT2D eigenvalue weighted by Gasteiger charge is 2.26. The highest BCUT2D eigenvalue weighted by molar-refractivity contribution is 6.35. The van der Waals surface area contributed by atoms with Gasteiger partial charge in [0.2, 0.25) is 5.91 Å². The maximum atomic E-state index is 11.8. The quantitative estimate of drug-likeness (QED) is 0.673. The number of hydrogen-bond acceptors (Lipinski definition) is 3. The Morgan fingerprint density at radius 2 is 1.56 bits per heavy atom. The second-order valence-electron chi connectivity index (χ2n) is 4.90. The van der Waals surface area contributed by atoms with Crippen molar-refractivity contribution in [3.63, 3.8) is 0 Å². The molecule has 1 aliphatic rings. The van der Waals surface area contributed by atoms with E-state index >= 15 is 0 Å². The van der Waals surface area contributed by atoms with E-state index in [1.54, 1.807) is 4.90 Å². The SMILES string of the molecule is CC(=O)N1CCN(C(=O)C(=O)NCC(C)C)CC1. The normalized spacial score (nSPS) is 15.8. The molecule has 0 aromatic carbocycles. The Morgan fingerprint density at radius 3 is 2.00 bits per heavy atom. The van der Waals surface area contributed by atoms with Gasteiger partial charge in [-0.05, 0) is 5.92 Å². The summed E-state index contributed by atoms with van der Waals surface area (Å²) in [5, 5.41) is 2.60. The molecule has 0 bridgehead atoms. The Morgan fingerprint density at radius 1 is 1.06 bits per heavy atom. The fraction of sp³-hybridized carbons (Fsp3) is 0.750. The first-order valence-electron chi connectivity index (χ1n) is 6.24. The number of hydrogen-bond donors (Lipinski definition) is 1. The molecule has 1 heterocycles. The summed E-state index contributed by atoms with van der Waals surface area (Å²) in [7, 11) is 0. The molecule has 0 radical (unpaired) electrons. The Bertz CT molecular complexity index is 333. The first-order chi connectivity index (χ1) is 8.41. The van der Waals surface area contributed by atoms with E-state index in [2.05, 4.69) is 5.32 Å².